The molecule has 0 aromatic heterocycles. The van der Waals surface area contributed by atoms with Crippen LogP contribution in [0.4, 0.5) is 0 Å². The van der Waals surface area contributed by atoms with E-state index < -0.39 is 0 Å². The van der Waals surface area contributed by atoms with Gasteiger partial charge in [0, 0.05) is 0 Å². The molecule has 0 saturated carbocycles. The Kier molecular flexibility index (Phi) is 1.97. The second-order valence-corrected chi connectivity index (χ2v) is 3.95. The zero-order valence-electron chi connectivity index (χ0n) is 4.37. The first-order chi connectivity index (χ1) is 3.93. The van der Waals surface area contributed by atoms with E-state index >= 15 is 0 Å². The van der Waals surface area contributed by atoms with Gasteiger partial charge in [0.15, 0.2) is 0 Å². The summed E-state index contributed by atoms with van der Waals surface area (Å²) in [5.41, 5.74) is 0.799. The van der Waals surface area contributed by atoms with Crippen LogP contribution in [0.2, 0.25) is 0 Å². The summed E-state index contributed by atoms with van der Waals surface area (Å²) in [7, 11) is 0. The van der Waals surface area contributed by atoms with Crippen LogP contribution in [0.3, 0.4) is 0 Å². The molecule has 1 aliphatic rings. The molecule has 8 heavy (non-hydrogen) atoms. The fraction of sp³-hybridized carbons (Fsp3) is 0. The van der Waals surface area contributed by atoms with Crippen molar-refractivity contribution in [3.63, 3.8) is 0 Å². The summed E-state index contributed by atoms with van der Waals surface area (Å²) in [5, 5.41) is 0. The monoisotopic (exact) mass is 168 g/mol. The molecule has 0 N–H and O–H groups in total. The van der Waals surface area contributed by atoms with Crippen LogP contribution in [-0.2, 0) is 4.79 Å². The minimum absolute atomic E-state index is 0.202. The number of aldehydes is 1. The van der Waals surface area contributed by atoms with Gasteiger partial charge in [-0.15, -0.1) is 0 Å². The van der Waals surface area contributed by atoms with Gasteiger partial charge in [0.2, 0.25) is 0 Å². The van der Waals surface area contributed by atoms with Crippen LogP contribution in [0.5, 0.6) is 0 Å². The molecule has 0 bridgehead atoms. The predicted octanol–water partition coefficient (Wildman–Crippen LogP) is -0.122. The van der Waals surface area contributed by atoms with Crippen LogP contribution in [0.15, 0.2) is 22.6 Å². The Labute approximate surface area is 54.1 Å². The first-order valence-corrected chi connectivity index (χ1v) is 5.23. The quantitative estimate of drug-likeness (QED) is 0.392. The Balaban J connectivity index is 2.82. The van der Waals surface area contributed by atoms with Crippen molar-refractivity contribution in [1.82, 2.24) is 0 Å². The van der Waals surface area contributed by atoms with Gasteiger partial charge in [0.05, 0.1) is 0 Å². The zero-order valence-corrected chi connectivity index (χ0v) is 6.79. The molecule has 0 aliphatic carbocycles. The molecule has 1 rings (SSSR count). The number of allylic oxidation sites excluding steroid dienone is 3. The molecule has 0 radical (unpaired) electrons. The summed E-state index contributed by atoms with van der Waals surface area (Å²) in [5.74, 6) is 0. The number of hydrogen-bond donors (Lipinski definition) is 0. The minimum atomic E-state index is -0.202. The Morgan fingerprint density at radius 2 is 2.50 bits per heavy atom. The van der Waals surface area contributed by atoms with Crippen molar-refractivity contribution >= 4 is 26.1 Å². The van der Waals surface area contributed by atoms with E-state index in [0.29, 0.717) is 0 Å². The molecule has 0 fully saturated rings. The van der Waals surface area contributed by atoms with Crippen LogP contribution in [0, 0.1) is 0 Å². The molecular weight excluding hydrogens is 161 g/mol. The van der Waals surface area contributed by atoms with Crippen LogP contribution in [0.25, 0.3) is 0 Å². The third-order valence-electron chi connectivity index (χ3n) is 0.936. The van der Waals surface area contributed by atoms with Crippen molar-refractivity contribution < 1.29 is 4.79 Å². The molecule has 1 heterocycles. The Morgan fingerprint density at radius 3 is 2.88 bits per heavy atom. The van der Waals surface area contributed by atoms with Crippen molar-refractivity contribution in [2.75, 3.05) is 0 Å². The van der Waals surface area contributed by atoms with E-state index in [0.717, 1.165) is 11.9 Å². The van der Waals surface area contributed by atoms with Crippen LogP contribution < -0.4 is 0 Å². The van der Waals surface area contributed by atoms with Crippen molar-refractivity contribution in [2.45, 2.75) is 0 Å². The molecule has 1 aliphatic heterocycles. The maximum absolute atomic E-state index is 10.0. The maximum atomic E-state index is 10.0. The second-order valence-electron chi connectivity index (χ2n) is 1.53. The van der Waals surface area contributed by atoms with Crippen molar-refractivity contribution in [1.29, 1.82) is 0 Å². The number of carbonyl (C=O) groups is 1. The Morgan fingerprint density at radius 1 is 1.62 bits per heavy atom. The van der Waals surface area contributed by atoms with E-state index in [1.807, 2.05) is 12.2 Å². The molecule has 0 aromatic carbocycles. The van der Waals surface area contributed by atoms with Gasteiger partial charge in [-0.1, -0.05) is 0 Å². The summed E-state index contributed by atoms with van der Waals surface area (Å²) >= 11 is -0.202. The molecule has 40 valence electrons. The number of hydrogen-bond acceptors (Lipinski definition) is 1. The average molecular weight is 167 g/mol. The Hall–Kier alpha value is -0.437. The van der Waals surface area contributed by atoms with E-state index in [9.17, 15) is 4.79 Å². The van der Waals surface area contributed by atoms with E-state index in [1.165, 1.54) is 0 Å². The first kappa shape index (κ1) is 5.70. The van der Waals surface area contributed by atoms with Gasteiger partial charge in [0.1, 0.15) is 0 Å². The molecule has 1 nitrogen and oxygen atoms in total. The zero-order chi connectivity index (χ0) is 5.82. The van der Waals surface area contributed by atoms with Crippen molar-refractivity contribution in [3.8, 4) is 0 Å². The average Bonchev–Trinajstić information content (AvgIpc) is 1.90. The molecule has 0 amide bonds. The summed E-state index contributed by atoms with van der Waals surface area (Å²) in [6.45, 7) is 0. The van der Waals surface area contributed by atoms with Gasteiger partial charge >= 0.3 is 53.6 Å². The third kappa shape index (κ3) is 1.27. The molecule has 2 heteroatoms. The van der Waals surface area contributed by atoms with E-state index in [1.54, 1.807) is 0 Å². The van der Waals surface area contributed by atoms with Crippen LogP contribution >= 0.6 is 0 Å². The van der Waals surface area contributed by atoms with E-state index in [2.05, 4.69) is 9.76 Å². The molecule has 0 atom stereocenters. The van der Waals surface area contributed by atoms with Gasteiger partial charge in [-0.05, 0) is 0 Å². The fourth-order valence-corrected chi connectivity index (χ4v) is 2.20. The van der Waals surface area contributed by atoms with Gasteiger partial charge < -0.3 is 0 Å². The SMILES string of the molecule is O=CC1=C[CH]=[GeH][CH]=C1. The molecule has 0 unspecified atom stereocenters. The van der Waals surface area contributed by atoms with E-state index in [-0.39, 0.29) is 15.0 Å². The third-order valence-corrected chi connectivity index (χ3v) is 2.68. The summed E-state index contributed by atoms with van der Waals surface area (Å²) in [6.07, 6.45) is 4.67. The van der Waals surface area contributed by atoms with Gasteiger partial charge in [-0.3, -0.25) is 0 Å². The molecule has 0 saturated heterocycles. The fourth-order valence-electron chi connectivity index (χ4n) is 0.532. The summed E-state index contributed by atoms with van der Waals surface area (Å²) in [6, 6.07) is 0. The van der Waals surface area contributed by atoms with E-state index in [4.69, 9.17) is 0 Å². The van der Waals surface area contributed by atoms with Gasteiger partial charge in [0.25, 0.3) is 0 Å². The summed E-state index contributed by atoms with van der Waals surface area (Å²) in [4.78, 5) is 14.3. The molecule has 0 spiro atoms. The standard InChI is InChI=1S/C6H6GeO/c8-5-6-1-3-7-4-2-6/h1-5,7H. The van der Waals surface area contributed by atoms with Crippen LogP contribution in [-0.4, -0.2) is 26.1 Å². The van der Waals surface area contributed by atoms with Gasteiger partial charge in [-0.25, -0.2) is 0 Å². The van der Waals surface area contributed by atoms with Crippen LogP contribution in [0.1, 0.15) is 0 Å². The summed E-state index contributed by atoms with van der Waals surface area (Å²) < 4.78 is 0. The van der Waals surface area contributed by atoms with Crippen molar-refractivity contribution in [2.24, 2.45) is 0 Å². The predicted molar refractivity (Wildman–Crippen MR) is 36.5 cm³/mol. The Bertz CT molecular complexity index is 177. The van der Waals surface area contributed by atoms with Gasteiger partial charge in [-0.2, -0.15) is 0 Å². The molecule has 0 aromatic rings. The second kappa shape index (κ2) is 2.77. The topological polar surface area (TPSA) is 17.1 Å². The van der Waals surface area contributed by atoms with Crippen molar-refractivity contribution in [3.05, 3.63) is 22.6 Å². The first-order valence-electron chi connectivity index (χ1n) is 2.44. The number of carbonyl (C=O) groups excluding carboxylic acids is 1. The normalized spacial score (nSPS) is 15.8. The number of rotatable bonds is 1. The molecular formula is C6H6GeO.